The molecule has 7 atom stereocenters. The molecule has 2 aliphatic heterocycles. The molecule has 0 radical (unpaired) electrons. The van der Waals surface area contributed by atoms with Gasteiger partial charge in [-0.15, -0.1) is 0 Å². The zero-order valence-corrected chi connectivity index (χ0v) is 48.2. The van der Waals surface area contributed by atoms with Gasteiger partial charge in [-0.25, -0.2) is 4.79 Å². The van der Waals surface area contributed by atoms with Gasteiger partial charge >= 0.3 is 5.97 Å². The van der Waals surface area contributed by atoms with Crippen LogP contribution in [0.15, 0.2) is 66.7 Å². The van der Waals surface area contributed by atoms with Crippen LogP contribution < -0.4 is 65.1 Å². The van der Waals surface area contributed by atoms with Crippen LogP contribution >= 0.6 is 0 Å². The van der Waals surface area contributed by atoms with Crippen LogP contribution in [0.1, 0.15) is 89.7 Å². The zero-order valence-electron chi connectivity index (χ0n) is 48.2. The van der Waals surface area contributed by atoms with Crippen LogP contribution in [0, 0.1) is 16.7 Å². The van der Waals surface area contributed by atoms with Gasteiger partial charge in [0.2, 0.25) is 53.2 Å². The van der Waals surface area contributed by atoms with E-state index in [4.69, 9.17) is 28.0 Å². The third-order valence-corrected chi connectivity index (χ3v) is 14.9. The number of aromatic hydroxyl groups is 1. The highest BCUT2D eigenvalue weighted by molar-refractivity contribution is 5.98. The van der Waals surface area contributed by atoms with E-state index in [0.29, 0.717) is 24.0 Å². The normalized spacial score (nSPS) is 17.3. The van der Waals surface area contributed by atoms with Crippen molar-refractivity contribution in [3.63, 3.8) is 0 Å². The molecule has 0 aliphatic carbocycles. The van der Waals surface area contributed by atoms with E-state index in [2.05, 4.69) is 47.9 Å². The lowest BCUT2D eigenvalue weighted by atomic mass is 9.95. The van der Waals surface area contributed by atoms with E-state index in [0.717, 1.165) is 10.8 Å². The van der Waals surface area contributed by atoms with Crippen LogP contribution in [-0.4, -0.2) is 179 Å². The van der Waals surface area contributed by atoms with Crippen LogP contribution in [0.5, 0.6) is 5.75 Å². The van der Waals surface area contributed by atoms with E-state index in [9.17, 15) is 58.2 Å². The number of phenols is 1. The monoisotopic (exact) mass is 1180 g/mol. The minimum atomic E-state index is -1.45. The lowest BCUT2D eigenvalue weighted by Crippen LogP contribution is -2.62. The Balaban J connectivity index is 1.29. The van der Waals surface area contributed by atoms with Crippen LogP contribution in [0.25, 0.3) is 10.8 Å². The zero-order chi connectivity index (χ0) is 62.4. The van der Waals surface area contributed by atoms with E-state index in [1.54, 1.807) is 13.8 Å². The number of amides is 9. The van der Waals surface area contributed by atoms with Gasteiger partial charge in [-0.2, -0.15) is 0 Å². The predicted molar refractivity (Wildman–Crippen MR) is 314 cm³/mol. The number of likely N-dealkylation sites (tertiary alicyclic amines) is 2. The second-order valence-electron chi connectivity index (χ2n) is 21.7. The molecule has 0 saturated carbocycles. The highest BCUT2D eigenvalue weighted by atomic mass is 16.4. The van der Waals surface area contributed by atoms with Crippen LogP contribution in [0.4, 0.5) is 0 Å². The van der Waals surface area contributed by atoms with Crippen molar-refractivity contribution in [1.82, 2.24) is 57.7 Å². The highest BCUT2D eigenvalue weighted by Gasteiger charge is 2.47. The number of fused-ring (bicyclic) bond motifs is 1. The Kier molecular flexibility index (Phi) is 25.2. The molecular weight excluding hydrogens is 1100 g/mol. The number of hydrogen-bond donors (Lipinski definition) is 16. The first-order valence-corrected chi connectivity index (χ1v) is 28.4. The van der Waals surface area contributed by atoms with Crippen molar-refractivity contribution in [3.05, 3.63) is 77.9 Å². The molecule has 2 fully saturated rings. The summed E-state index contributed by atoms with van der Waals surface area (Å²) in [5, 5.41) is 60.9. The number of carboxylic acids is 1. The van der Waals surface area contributed by atoms with Gasteiger partial charge in [-0.05, 0) is 98.2 Å². The Labute approximate surface area is 492 Å². The van der Waals surface area contributed by atoms with Gasteiger partial charge in [0.05, 0.1) is 13.1 Å². The fourth-order valence-corrected chi connectivity index (χ4v) is 10.2. The Morgan fingerprint density at radius 3 is 1.87 bits per heavy atom. The third-order valence-electron chi connectivity index (χ3n) is 14.9. The summed E-state index contributed by atoms with van der Waals surface area (Å²) in [7, 11) is 0. The van der Waals surface area contributed by atoms with Crippen molar-refractivity contribution in [2.75, 3.05) is 45.8 Å². The number of guanidine groups is 2. The number of rotatable bonds is 31. The molecule has 0 spiro atoms. The number of carboxylic acid groups (broad SMARTS) is 1. The summed E-state index contributed by atoms with van der Waals surface area (Å²) in [5.74, 6) is -8.62. The molecule has 2 saturated heterocycles. The maximum atomic E-state index is 14.5. The number of benzene rings is 3. The fourth-order valence-electron chi connectivity index (χ4n) is 10.2. The molecule has 28 heteroatoms. The van der Waals surface area contributed by atoms with Crippen LogP contribution in [-0.2, 0) is 60.8 Å². The maximum absolute atomic E-state index is 14.5. The van der Waals surface area contributed by atoms with Crippen molar-refractivity contribution < 1.29 is 58.2 Å². The van der Waals surface area contributed by atoms with E-state index in [1.807, 2.05) is 42.5 Å². The first-order chi connectivity index (χ1) is 40.4. The number of phenolic OH excluding ortho intramolecular Hbond substituents is 1. The number of carbonyl (C=O) groups excluding carboxylic acids is 9. The molecule has 85 heavy (non-hydrogen) atoms. The average Bonchev–Trinajstić information content (AvgIpc) is 3.54. The molecule has 0 bridgehead atoms. The molecule has 2 heterocycles. The van der Waals surface area contributed by atoms with Gasteiger partial charge in [0.15, 0.2) is 11.9 Å². The standard InChI is InChI=1S/C57H82N16O12/c1-33(2)47(71-49(79)40(13-7-24-65-56(61)62)68-50(80)41(29-34-16-19-38(74)20-17-34)70-54(85)57(3)22-9-27-73(57)46(77)32-66-45(76)31-58)51(81)63-25-21-44(75)67-39(12-6-23-64-55(59)60)48(78)69-42(52(82)72-26-8-14-43(72)53(83)84)30-35-15-18-36-10-4-5-11-37(36)28-35/h4-5,10-11,15-20,28,33,39-43,47,74H,6-9,12-14,21-27,29-32,58H2,1-3H3,(H,63,81)(H,66,76)(H,67,75)(H,68,80)(H,69,78)(H,70,85)(H,71,79)(H,83,84)(H4,59,60,64)(H4,61,62,65)/t39-,40-,41-,42+,43-,47+,57-/m0/s1. The molecule has 28 nitrogen and oxygen atoms in total. The highest BCUT2D eigenvalue weighted by Crippen LogP contribution is 2.30. The second-order valence-corrected chi connectivity index (χ2v) is 21.7. The lowest BCUT2D eigenvalue weighted by molar-refractivity contribution is -0.149. The quantitative estimate of drug-likeness (QED) is 0.0188. The molecule has 0 unspecified atom stereocenters. The Morgan fingerprint density at radius 2 is 1.25 bits per heavy atom. The summed E-state index contributed by atoms with van der Waals surface area (Å²) in [6, 6.07) is 11.5. The van der Waals surface area contributed by atoms with Gasteiger partial charge in [-0.3, -0.25) is 54.0 Å². The lowest BCUT2D eigenvalue weighted by Gasteiger charge is -2.35. The van der Waals surface area contributed by atoms with Gasteiger partial charge in [-0.1, -0.05) is 68.4 Å². The van der Waals surface area contributed by atoms with E-state index in [1.165, 1.54) is 41.0 Å². The first kappa shape index (κ1) is 66.7. The fraction of sp³-hybridized carbons (Fsp3) is 0.509. The Bertz CT molecular complexity index is 2910. The van der Waals surface area contributed by atoms with E-state index >= 15 is 0 Å². The molecule has 462 valence electrons. The van der Waals surface area contributed by atoms with Gasteiger partial charge in [0.1, 0.15) is 47.5 Å². The van der Waals surface area contributed by atoms with Gasteiger partial charge < -0.3 is 85.1 Å². The van der Waals surface area contributed by atoms with Gasteiger partial charge in [0.25, 0.3) is 0 Å². The van der Waals surface area contributed by atoms with Crippen molar-refractivity contribution in [1.29, 1.82) is 10.8 Å². The van der Waals surface area contributed by atoms with E-state index in [-0.39, 0.29) is 115 Å². The minimum Gasteiger partial charge on any atom is -0.508 e. The number of aliphatic carboxylic acids is 1. The first-order valence-electron chi connectivity index (χ1n) is 28.4. The number of nitrogens with one attached hydrogen (secondary N) is 11. The molecule has 3 aromatic carbocycles. The van der Waals surface area contributed by atoms with Crippen molar-refractivity contribution in [2.45, 2.75) is 133 Å². The van der Waals surface area contributed by atoms with Crippen LogP contribution in [0.3, 0.4) is 0 Å². The molecule has 5 rings (SSSR count). The summed E-state index contributed by atoms with van der Waals surface area (Å²) < 4.78 is 0. The molecule has 0 aromatic heterocycles. The average molecular weight is 1180 g/mol. The minimum absolute atomic E-state index is 0.00178. The summed E-state index contributed by atoms with van der Waals surface area (Å²) in [5.41, 5.74) is 16.1. The largest absolute Gasteiger partial charge is 0.508 e. The third kappa shape index (κ3) is 20.1. The van der Waals surface area contributed by atoms with Crippen molar-refractivity contribution in [3.8, 4) is 5.75 Å². The molecule has 3 aromatic rings. The Hall–Kier alpha value is -9.08. The summed E-state index contributed by atoms with van der Waals surface area (Å²) >= 11 is 0. The second kappa shape index (κ2) is 32.1. The van der Waals surface area contributed by atoms with E-state index < -0.39 is 113 Å². The Morgan fingerprint density at radius 1 is 0.659 bits per heavy atom. The molecule has 9 amide bonds. The smallest absolute Gasteiger partial charge is 0.326 e. The molecule has 19 N–H and O–H groups in total. The number of nitrogens with two attached hydrogens (primary N) is 3. The summed E-state index contributed by atoms with van der Waals surface area (Å²) in [6.45, 7) is 4.41. The molecular formula is C57H82N16O12. The topological polar surface area (TPSA) is 452 Å². The number of nitrogens with zero attached hydrogens (tertiary/aromatic N) is 2. The maximum Gasteiger partial charge on any atom is 0.326 e. The van der Waals surface area contributed by atoms with Gasteiger partial charge in [0, 0.05) is 52.0 Å². The van der Waals surface area contributed by atoms with Crippen molar-refractivity contribution >= 4 is 81.8 Å². The SMILES string of the molecule is CC(C)[C@@H](NC(=O)[C@H](CCCNC(=N)N)NC(=O)[C@H](Cc1ccc(O)cc1)NC(=O)[C@]1(C)CCCN1C(=O)CNC(=O)CN)C(=O)NCCC(=O)N[C@@H](CCCNC(=N)N)C(=O)N[C@H](Cc1ccc2ccccc2c1)C(=O)N1CCC[C@H]1C(=O)O. The summed E-state index contributed by atoms with van der Waals surface area (Å²) in [6.07, 6.45) is 1.18. The number of hydrogen-bond acceptors (Lipinski definition) is 14. The van der Waals surface area contributed by atoms with Crippen LogP contribution in [0.2, 0.25) is 0 Å². The summed E-state index contributed by atoms with van der Waals surface area (Å²) in [4.78, 5) is 139. The number of carbonyl (C=O) groups is 10. The predicted octanol–water partition coefficient (Wildman–Crippen LogP) is -2.02. The molecule has 2 aliphatic rings. The van der Waals surface area contributed by atoms with Crippen molar-refractivity contribution in [2.24, 2.45) is 23.1 Å².